The number of methoxy groups -OCH3 is 1. The van der Waals surface area contributed by atoms with Gasteiger partial charge in [0.25, 0.3) is 0 Å². The fraction of sp³-hybridized carbons (Fsp3) is 0.600. The van der Waals surface area contributed by atoms with Gasteiger partial charge < -0.3 is 9.47 Å². The van der Waals surface area contributed by atoms with E-state index in [2.05, 4.69) is 12.6 Å². The third kappa shape index (κ3) is 1.17. The fourth-order valence-electron chi connectivity index (χ4n) is 0.572. The number of ether oxygens (including phenoxy) is 2. The summed E-state index contributed by atoms with van der Waals surface area (Å²) in [5.74, 6) is 0. The topological polar surface area (TPSA) is 18.5 Å². The average molecular weight is 132 g/mol. The first-order valence-corrected chi connectivity index (χ1v) is 2.86. The van der Waals surface area contributed by atoms with Crippen LogP contribution in [0.1, 0.15) is 6.42 Å². The maximum Gasteiger partial charge on any atom is 0.203 e. The van der Waals surface area contributed by atoms with Gasteiger partial charge in [-0.1, -0.05) is 0 Å². The Morgan fingerprint density at radius 2 is 2.75 bits per heavy atom. The molecule has 1 aliphatic rings. The zero-order chi connectivity index (χ0) is 5.98. The Kier molecular flexibility index (Phi) is 1.81. The molecule has 0 bridgehead atoms. The lowest BCUT2D eigenvalue weighted by Gasteiger charge is -2.06. The van der Waals surface area contributed by atoms with Crippen molar-refractivity contribution in [2.75, 3.05) is 7.11 Å². The van der Waals surface area contributed by atoms with Gasteiger partial charge in [0.2, 0.25) is 6.29 Å². The van der Waals surface area contributed by atoms with E-state index in [1.165, 1.54) is 0 Å². The highest BCUT2D eigenvalue weighted by atomic mass is 32.1. The summed E-state index contributed by atoms with van der Waals surface area (Å²) in [5.41, 5.74) is 0. The normalized spacial score (nSPS) is 27.2. The lowest BCUT2D eigenvalue weighted by Crippen LogP contribution is -2.06. The summed E-state index contributed by atoms with van der Waals surface area (Å²) in [6.45, 7) is 0. The second-order valence-corrected chi connectivity index (χ2v) is 2.00. The van der Waals surface area contributed by atoms with Crippen molar-refractivity contribution >= 4 is 12.6 Å². The number of hydrogen-bond donors (Lipinski definition) is 1. The number of thiol groups is 1. The molecule has 1 heterocycles. The molecule has 3 heteroatoms. The van der Waals surface area contributed by atoms with E-state index in [-0.39, 0.29) is 6.29 Å². The van der Waals surface area contributed by atoms with Crippen LogP contribution in [0.2, 0.25) is 0 Å². The third-order valence-corrected chi connectivity index (χ3v) is 1.29. The average Bonchev–Trinajstić information content (AvgIpc) is 2.14. The van der Waals surface area contributed by atoms with Gasteiger partial charge in [-0.3, -0.25) is 0 Å². The molecule has 8 heavy (non-hydrogen) atoms. The minimum Gasteiger partial charge on any atom is -0.459 e. The van der Waals surface area contributed by atoms with Crippen LogP contribution < -0.4 is 0 Å². The van der Waals surface area contributed by atoms with E-state index in [9.17, 15) is 0 Å². The summed E-state index contributed by atoms with van der Waals surface area (Å²) in [6.07, 6.45) is 2.61. The van der Waals surface area contributed by atoms with Crippen LogP contribution in [0.4, 0.5) is 0 Å². The molecule has 0 amide bonds. The second kappa shape index (κ2) is 2.42. The molecule has 0 N–H and O–H groups in total. The van der Waals surface area contributed by atoms with E-state index < -0.39 is 0 Å². The summed E-state index contributed by atoms with van der Waals surface area (Å²) in [4.78, 5) is 0. The minimum absolute atomic E-state index is 0.0949. The Morgan fingerprint density at radius 1 is 2.00 bits per heavy atom. The van der Waals surface area contributed by atoms with Crippen LogP contribution in [0.25, 0.3) is 0 Å². The quantitative estimate of drug-likeness (QED) is 0.539. The molecule has 0 radical (unpaired) electrons. The largest absolute Gasteiger partial charge is 0.459 e. The molecule has 0 aliphatic carbocycles. The van der Waals surface area contributed by atoms with Gasteiger partial charge in [-0.15, -0.1) is 12.6 Å². The van der Waals surface area contributed by atoms with Crippen LogP contribution in [0.5, 0.6) is 0 Å². The zero-order valence-corrected chi connectivity index (χ0v) is 5.52. The zero-order valence-electron chi connectivity index (χ0n) is 4.63. The monoisotopic (exact) mass is 132 g/mol. The Morgan fingerprint density at radius 3 is 3.00 bits per heavy atom. The van der Waals surface area contributed by atoms with Crippen molar-refractivity contribution in [1.82, 2.24) is 0 Å². The van der Waals surface area contributed by atoms with Crippen molar-refractivity contribution in [1.29, 1.82) is 0 Å². The highest BCUT2D eigenvalue weighted by Crippen LogP contribution is 2.18. The molecule has 0 saturated carbocycles. The smallest absolute Gasteiger partial charge is 0.203 e. The predicted octanol–water partition coefficient (Wildman–Crippen LogP) is 1.15. The summed E-state index contributed by atoms with van der Waals surface area (Å²) < 4.78 is 9.87. The summed E-state index contributed by atoms with van der Waals surface area (Å²) in [5, 5.41) is 0.664. The van der Waals surface area contributed by atoms with Gasteiger partial charge >= 0.3 is 0 Å². The van der Waals surface area contributed by atoms with Crippen molar-refractivity contribution in [3.8, 4) is 0 Å². The molecular weight excluding hydrogens is 124 g/mol. The molecular formula is C5H8O2S. The van der Waals surface area contributed by atoms with Crippen molar-refractivity contribution in [2.45, 2.75) is 12.7 Å². The van der Waals surface area contributed by atoms with Gasteiger partial charge in [0.1, 0.15) is 5.09 Å². The third-order valence-electron chi connectivity index (χ3n) is 1.00. The van der Waals surface area contributed by atoms with Crippen molar-refractivity contribution in [3.05, 3.63) is 11.2 Å². The first-order chi connectivity index (χ1) is 3.83. The molecule has 0 aromatic carbocycles. The molecule has 1 atom stereocenters. The van der Waals surface area contributed by atoms with Gasteiger partial charge in [-0.2, -0.15) is 0 Å². The molecule has 0 aromatic heterocycles. The molecule has 0 fully saturated rings. The Bertz CT molecular complexity index is 111. The minimum atomic E-state index is -0.0949. The van der Waals surface area contributed by atoms with E-state index >= 15 is 0 Å². The molecule has 1 rings (SSSR count). The van der Waals surface area contributed by atoms with Crippen LogP contribution in [0.15, 0.2) is 11.2 Å². The summed E-state index contributed by atoms with van der Waals surface area (Å²) in [7, 11) is 1.62. The molecule has 46 valence electrons. The maximum atomic E-state index is 5.01. The summed E-state index contributed by atoms with van der Waals surface area (Å²) >= 11 is 3.96. The predicted molar refractivity (Wildman–Crippen MR) is 33.6 cm³/mol. The van der Waals surface area contributed by atoms with Crippen LogP contribution in [0, 0.1) is 0 Å². The molecule has 1 aliphatic heterocycles. The van der Waals surface area contributed by atoms with Crippen LogP contribution in [-0.4, -0.2) is 13.4 Å². The lowest BCUT2D eigenvalue weighted by molar-refractivity contribution is -0.0690. The molecule has 0 unspecified atom stereocenters. The maximum absolute atomic E-state index is 5.01. The molecule has 2 nitrogen and oxygen atoms in total. The first-order valence-electron chi connectivity index (χ1n) is 2.41. The van der Waals surface area contributed by atoms with Crippen LogP contribution >= 0.6 is 12.6 Å². The lowest BCUT2D eigenvalue weighted by atomic mass is 10.4. The van der Waals surface area contributed by atoms with E-state index in [4.69, 9.17) is 9.47 Å². The number of hydrogen-bond acceptors (Lipinski definition) is 3. The molecule has 0 saturated heterocycles. The molecule has 0 spiro atoms. The standard InChI is InChI=1S/C5H8O2S/c1-6-4-2-3-5(8)7-4/h3-4,8H,2H2,1H3/t4-/m1/s1. The molecule has 0 aromatic rings. The highest BCUT2D eigenvalue weighted by molar-refractivity contribution is 7.84. The van der Waals surface area contributed by atoms with Crippen LogP contribution in [-0.2, 0) is 9.47 Å². The van der Waals surface area contributed by atoms with Crippen LogP contribution in [0.3, 0.4) is 0 Å². The van der Waals surface area contributed by atoms with Gasteiger partial charge in [0, 0.05) is 13.5 Å². The van der Waals surface area contributed by atoms with E-state index in [0.29, 0.717) is 5.09 Å². The van der Waals surface area contributed by atoms with Gasteiger partial charge in [-0.25, -0.2) is 0 Å². The van der Waals surface area contributed by atoms with Gasteiger partial charge in [0.05, 0.1) is 0 Å². The van der Waals surface area contributed by atoms with Crippen molar-refractivity contribution in [3.63, 3.8) is 0 Å². The van der Waals surface area contributed by atoms with Crippen molar-refractivity contribution in [2.24, 2.45) is 0 Å². The fourth-order valence-corrected chi connectivity index (χ4v) is 0.795. The second-order valence-electron chi connectivity index (χ2n) is 1.56. The van der Waals surface area contributed by atoms with E-state index in [0.717, 1.165) is 6.42 Å². The Labute approximate surface area is 53.9 Å². The Balaban J connectivity index is 2.32. The highest BCUT2D eigenvalue weighted by Gasteiger charge is 2.13. The van der Waals surface area contributed by atoms with E-state index in [1.807, 2.05) is 6.08 Å². The van der Waals surface area contributed by atoms with Gasteiger partial charge in [-0.05, 0) is 6.08 Å². The summed E-state index contributed by atoms with van der Waals surface area (Å²) in [6, 6.07) is 0. The van der Waals surface area contributed by atoms with E-state index in [1.54, 1.807) is 7.11 Å². The van der Waals surface area contributed by atoms with Crippen molar-refractivity contribution < 1.29 is 9.47 Å². The van der Waals surface area contributed by atoms with Gasteiger partial charge in [0.15, 0.2) is 0 Å². The SMILES string of the molecule is CO[C@H]1CC=C(S)O1. The number of rotatable bonds is 1. The Hall–Kier alpha value is -0.150. The first kappa shape index (κ1) is 5.98.